The smallest absolute Gasteiger partial charge is 0.340 e. The third-order valence-electron chi connectivity index (χ3n) is 4.71. The Hall–Kier alpha value is -1.69. The van der Waals surface area contributed by atoms with E-state index in [-0.39, 0.29) is 17.3 Å². The molecule has 0 spiro atoms. The number of nitrogens with one attached hydrogen (secondary N) is 1. The molecule has 2 heterocycles. The van der Waals surface area contributed by atoms with E-state index in [0.29, 0.717) is 18.4 Å². The van der Waals surface area contributed by atoms with Crippen LogP contribution in [0.5, 0.6) is 0 Å². The quantitative estimate of drug-likeness (QED) is 0.845. The Labute approximate surface area is 122 Å². The molecule has 21 heavy (non-hydrogen) atoms. The second kappa shape index (κ2) is 5.26. The van der Waals surface area contributed by atoms with Gasteiger partial charge in [-0.2, -0.15) is 0 Å². The van der Waals surface area contributed by atoms with Crippen LogP contribution in [0, 0.1) is 23.5 Å². The lowest BCUT2D eigenvalue weighted by atomic mass is 9.95. The van der Waals surface area contributed by atoms with Crippen LogP contribution < -0.4 is 10.2 Å². The Bertz CT molecular complexity index is 579. The fourth-order valence-electron chi connectivity index (χ4n) is 3.51. The molecule has 114 valence electrons. The number of esters is 1. The first kappa shape index (κ1) is 14.3. The second-order valence-electron chi connectivity index (χ2n) is 5.73. The van der Waals surface area contributed by atoms with Crippen molar-refractivity contribution in [1.29, 1.82) is 0 Å². The number of carbonyl (C=O) groups is 1. The Morgan fingerprint density at radius 2 is 2.10 bits per heavy atom. The van der Waals surface area contributed by atoms with Crippen molar-refractivity contribution in [1.82, 2.24) is 5.32 Å². The number of ether oxygens (including phenoxy) is 1. The normalized spacial score (nSPS) is 27.8. The number of hydrogen-bond donors (Lipinski definition) is 1. The summed E-state index contributed by atoms with van der Waals surface area (Å²) < 4.78 is 32.8. The maximum atomic E-state index is 14.3. The fraction of sp³-hybridized carbons (Fsp3) is 0.533. The highest BCUT2D eigenvalue weighted by atomic mass is 19.2. The van der Waals surface area contributed by atoms with Gasteiger partial charge in [0.2, 0.25) is 0 Å². The molecule has 0 radical (unpaired) electrons. The number of anilines is 1. The topological polar surface area (TPSA) is 41.6 Å². The minimum absolute atomic E-state index is 0.142. The van der Waals surface area contributed by atoms with Crippen molar-refractivity contribution in [2.75, 3.05) is 31.6 Å². The van der Waals surface area contributed by atoms with Crippen molar-refractivity contribution in [3.8, 4) is 0 Å². The van der Waals surface area contributed by atoms with Gasteiger partial charge < -0.3 is 15.0 Å². The molecule has 2 saturated heterocycles. The lowest BCUT2D eigenvalue weighted by molar-refractivity contribution is 0.0594. The Morgan fingerprint density at radius 3 is 2.76 bits per heavy atom. The van der Waals surface area contributed by atoms with Crippen LogP contribution in [0.15, 0.2) is 12.1 Å². The average molecular weight is 296 g/mol. The Balaban J connectivity index is 1.93. The molecule has 2 aliphatic heterocycles. The lowest BCUT2D eigenvalue weighted by Gasteiger charge is -2.27. The number of fused-ring (bicyclic) bond motifs is 1. The van der Waals surface area contributed by atoms with Crippen molar-refractivity contribution in [2.45, 2.75) is 13.0 Å². The zero-order chi connectivity index (χ0) is 15.1. The van der Waals surface area contributed by atoms with Gasteiger partial charge in [-0.3, -0.25) is 0 Å². The number of hydrogen-bond acceptors (Lipinski definition) is 4. The largest absolute Gasteiger partial charge is 0.465 e. The van der Waals surface area contributed by atoms with Crippen LogP contribution in [0.25, 0.3) is 0 Å². The van der Waals surface area contributed by atoms with Crippen molar-refractivity contribution in [3.05, 3.63) is 29.3 Å². The molecule has 0 aromatic heterocycles. The highest BCUT2D eigenvalue weighted by Crippen LogP contribution is 2.37. The summed E-state index contributed by atoms with van der Waals surface area (Å²) in [6, 6.07) is 2.90. The first-order valence-electron chi connectivity index (χ1n) is 7.08. The molecule has 0 bridgehead atoms. The number of rotatable bonds is 2. The van der Waals surface area contributed by atoms with Crippen molar-refractivity contribution < 1.29 is 18.3 Å². The summed E-state index contributed by atoms with van der Waals surface area (Å²) >= 11 is 0. The number of nitrogens with zero attached hydrogens (tertiary/aromatic N) is 1. The third kappa shape index (κ3) is 2.18. The van der Waals surface area contributed by atoms with Crippen LogP contribution >= 0.6 is 0 Å². The first-order chi connectivity index (χ1) is 10.0. The van der Waals surface area contributed by atoms with E-state index in [0.717, 1.165) is 20.2 Å². The zero-order valence-corrected chi connectivity index (χ0v) is 12.0. The maximum Gasteiger partial charge on any atom is 0.340 e. The van der Waals surface area contributed by atoms with Gasteiger partial charge >= 0.3 is 5.97 Å². The van der Waals surface area contributed by atoms with Crippen LogP contribution in [0.3, 0.4) is 0 Å². The standard InChI is InChI=1S/C15H18F2N2O2/c1-8-11-6-18-5-9(11)7-19(8)12-4-3-10(15(20)21-2)13(16)14(12)17/h3-4,8-9,11,18H,5-7H2,1-2H3. The van der Waals surface area contributed by atoms with Gasteiger partial charge in [-0.25, -0.2) is 13.6 Å². The van der Waals surface area contributed by atoms with Crippen molar-refractivity contribution in [3.63, 3.8) is 0 Å². The van der Waals surface area contributed by atoms with Gasteiger partial charge in [0.15, 0.2) is 11.6 Å². The number of benzene rings is 1. The monoisotopic (exact) mass is 296 g/mol. The molecule has 1 N–H and O–H groups in total. The molecule has 3 unspecified atom stereocenters. The van der Waals surface area contributed by atoms with E-state index in [9.17, 15) is 13.6 Å². The minimum atomic E-state index is -1.14. The second-order valence-corrected chi connectivity index (χ2v) is 5.73. The Morgan fingerprint density at radius 1 is 1.33 bits per heavy atom. The van der Waals surface area contributed by atoms with E-state index in [1.54, 1.807) is 0 Å². The van der Waals surface area contributed by atoms with Crippen molar-refractivity contribution >= 4 is 11.7 Å². The molecular weight excluding hydrogens is 278 g/mol. The molecule has 2 fully saturated rings. The predicted molar refractivity (Wildman–Crippen MR) is 74.4 cm³/mol. The predicted octanol–water partition coefficient (Wildman–Crippen LogP) is 1.80. The van der Waals surface area contributed by atoms with Gasteiger partial charge in [-0.15, -0.1) is 0 Å². The molecular formula is C15H18F2N2O2. The van der Waals surface area contributed by atoms with E-state index in [4.69, 9.17) is 0 Å². The van der Waals surface area contributed by atoms with Crippen LogP contribution in [0.2, 0.25) is 0 Å². The van der Waals surface area contributed by atoms with Crippen LogP contribution in [0.4, 0.5) is 14.5 Å². The minimum Gasteiger partial charge on any atom is -0.465 e. The summed E-state index contributed by atoms with van der Waals surface area (Å²) in [6.45, 7) is 4.55. The first-order valence-corrected chi connectivity index (χ1v) is 7.08. The van der Waals surface area contributed by atoms with Crippen LogP contribution in [0.1, 0.15) is 17.3 Å². The summed E-state index contributed by atoms with van der Waals surface area (Å²) in [5.41, 5.74) is -0.144. The Kier molecular flexibility index (Phi) is 3.57. The highest BCUT2D eigenvalue weighted by Gasteiger charge is 2.42. The maximum absolute atomic E-state index is 14.3. The van der Waals surface area contributed by atoms with E-state index in [1.165, 1.54) is 12.1 Å². The molecule has 2 aliphatic rings. The molecule has 4 nitrogen and oxygen atoms in total. The number of halogens is 2. The lowest BCUT2D eigenvalue weighted by Crippen LogP contribution is -2.34. The molecule has 1 aromatic rings. The van der Waals surface area contributed by atoms with Crippen molar-refractivity contribution in [2.24, 2.45) is 11.8 Å². The third-order valence-corrected chi connectivity index (χ3v) is 4.71. The van der Waals surface area contributed by atoms with E-state index in [1.807, 2.05) is 11.8 Å². The average Bonchev–Trinajstić information content (AvgIpc) is 3.05. The molecule has 0 saturated carbocycles. The summed E-state index contributed by atoms with van der Waals surface area (Å²) in [4.78, 5) is 13.3. The van der Waals surface area contributed by atoms with Gasteiger partial charge in [-0.05, 0) is 30.9 Å². The fourth-order valence-corrected chi connectivity index (χ4v) is 3.51. The summed E-state index contributed by atoms with van der Waals surface area (Å²) in [5.74, 6) is -2.07. The molecule has 0 aliphatic carbocycles. The van der Waals surface area contributed by atoms with Gasteiger partial charge in [0.25, 0.3) is 0 Å². The summed E-state index contributed by atoms with van der Waals surface area (Å²) in [5, 5.41) is 3.33. The molecule has 3 rings (SSSR count). The van der Waals surface area contributed by atoms with Gasteiger partial charge in [-0.1, -0.05) is 0 Å². The summed E-state index contributed by atoms with van der Waals surface area (Å²) in [7, 11) is 1.14. The van der Waals surface area contributed by atoms with Gasteiger partial charge in [0, 0.05) is 25.7 Å². The van der Waals surface area contributed by atoms with Gasteiger partial charge in [0.05, 0.1) is 18.4 Å². The van der Waals surface area contributed by atoms with Crippen LogP contribution in [-0.4, -0.2) is 38.8 Å². The van der Waals surface area contributed by atoms with Gasteiger partial charge in [0.1, 0.15) is 0 Å². The van der Waals surface area contributed by atoms with Crippen LogP contribution in [-0.2, 0) is 4.74 Å². The zero-order valence-electron chi connectivity index (χ0n) is 12.0. The molecule has 6 heteroatoms. The highest BCUT2D eigenvalue weighted by molar-refractivity contribution is 5.90. The van der Waals surface area contributed by atoms with E-state index >= 15 is 0 Å². The molecule has 3 atom stereocenters. The molecule has 0 amide bonds. The summed E-state index contributed by atoms with van der Waals surface area (Å²) in [6.07, 6.45) is 0. The van der Waals surface area contributed by atoms with E-state index < -0.39 is 17.6 Å². The molecule has 1 aromatic carbocycles. The number of methoxy groups -OCH3 is 1. The van der Waals surface area contributed by atoms with E-state index in [2.05, 4.69) is 10.1 Å². The number of carbonyl (C=O) groups excluding carboxylic acids is 1. The SMILES string of the molecule is COC(=O)c1ccc(N2CC3CNCC3C2C)c(F)c1F.